The summed E-state index contributed by atoms with van der Waals surface area (Å²) in [5, 5.41) is 11.5. The van der Waals surface area contributed by atoms with E-state index in [-0.39, 0.29) is 18.6 Å². The van der Waals surface area contributed by atoms with Crippen LogP contribution in [0.3, 0.4) is 0 Å². The Kier molecular flexibility index (Phi) is 5.72. The molecule has 0 spiro atoms. The van der Waals surface area contributed by atoms with Crippen LogP contribution in [-0.2, 0) is 4.79 Å². The van der Waals surface area contributed by atoms with Gasteiger partial charge in [0.05, 0.1) is 11.6 Å². The molecular weight excluding hydrogens is 228 g/mol. The van der Waals surface area contributed by atoms with E-state index < -0.39 is 0 Å². The first-order valence-electron chi connectivity index (χ1n) is 6.08. The molecule has 4 heteroatoms. The maximum Gasteiger partial charge on any atom is 0.258 e. The number of hydrogen-bond acceptors (Lipinski definition) is 3. The summed E-state index contributed by atoms with van der Waals surface area (Å²) in [6.45, 7) is 4.05. The second-order valence-corrected chi connectivity index (χ2v) is 4.18. The third-order valence-corrected chi connectivity index (χ3v) is 2.48. The SMILES string of the molecule is CCC[C@@H](C)NC(=O)COc1ccc(C#N)cc1. The van der Waals surface area contributed by atoms with Crippen LogP contribution in [0.1, 0.15) is 32.3 Å². The minimum absolute atomic E-state index is 0.0000451. The van der Waals surface area contributed by atoms with E-state index >= 15 is 0 Å². The van der Waals surface area contributed by atoms with E-state index in [1.54, 1.807) is 24.3 Å². The van der Waals surface area contributed by atoms with Crippen LogP contribution in [-0.4, -0.2) is 18.6 Å². The number of carbonyl (C=O) groups excluding carboxylic acids is 1. The Balaban J connectivity index is 2.35. The molecule has 0 aliphatic rings. The van der Waals surface area contributed by atoms with Gasteiger partial charge in [0.25, 0.3) is 5.91 Å². The molecule has 1 aromatic rings. The molecule has 1 atom stereocenters. The number of hydrogen-bond donors (Lipinski definition) is 1. The lowest BCUT2D eigenvalue weighted by Crippen LogP contribution is -2.35. The van der Waals surface area contributed by atoms with Gasteiger partial charge in [-0.05, 0) is 37.6 Å². The first-order valence-corrected chi connectivity index (χ1v) is 6.08. The second-order valence-electron chi connectivity index (χ2n) is 4.18. The summed E-state index contributed by atoms with van der Waals surface area (Å²) < 4.78 is 5.32. The number of carbonyl (C=O) groups is 1. The normalized spacial score (nSPS) is 11.4. The zero-order chi connectivity index (χ0) is 13.4. The summed E-state index contributed by atoms with van der Waals surface area (Å²) >= 11 is 0. The number of nitrogens with one attached hydrogen (secondary N) is 1. The number of nitriles is 1. The smallest absolute Gasteiger partial charge is 0.258 e. The van der Waals surface area contributed by atoms with Gasteiger partial charge in [-0.3, -0.25) is 4.79 Å². The Morgan fingerprint density at radius 1 is 1.44 bits per heavy atom. The highest BCUT2D eigenvalue weighted by Gasteiger charge is 2.07. The molecule has 4 nitrogen and oxygen atoms in total. The van der Waals surface area contributed by atoms with Gasteiger partial charge < -0.3 is 10.1 Å². The summed E-state index contributed by atoms with van der Waals surface area (Å²) in [5.74, 6) is 0.465. The summed E-state index contributed by atoms with van der Waals surface area (Å²) in [6, 6.07) is 8.88. The van der Waals surface area contributed by atoms with Gasteiger partial charge in [0.2, 0.25) is 0 Å². The molecule has 1 N–H and O–H groups in total. The van der Waals surface area contributed by atoms with E-state index in [4.69, 9.17) is 10.00 Å². The third-order valence-electron chi connectivity index (χ3n) is 2.48. The number of ether oxygens (including phenoxy) is 1. The summed E-state index contributed by atoms with van der Waals surface area (Å²) in [6.07, 6.45) is 2.00. The van der Waals surface area contributed by atoms with Crippen LogP contribution in [0.15, 0.2) is 24.3 Å². The maximum absolute atomic E-state index is 11.5. The van der Waals surface area contributed by atoms with Crippen molar-refractivity contribution in [1.82, 2.24) is 5.32 Å². The van der Waals surface area contributed by atoms with E-state index in [2.05, 4.69) is 12.2 Å². The van der Waals surface area contributed by atoms with Crippen LogP contribution in [0, 0.1) is 11.3 Å². The highest BCUT2D eigenvalue weighted by atomic mass is 16.5. The van der Waals surface area contributed by atoms with Crippen LogP contribution in [0.5, 0.6) is 5.75 Å². The van der Waals surface area contributed by atoms with Crippen molar-refractivity contribution in [3.8, 4) is 11.8 Å². The van der Waals surface area contributed by atoms with E-state index in [1.165, 1.54) is 0 Å². The number of rotatable bonds is 6. The molecule has 0 fully saturated rings. The number of benzene rings is 1. The fourth-order valence-electron chi connectivity index (χ4n) is 1.60. The lowest BCUT2D eigenvalue weighted by molar-refractivity contribution is -0.123. The molecule has 0 aliphatic carbocycles. The van der Waals surface area contributed by atoms with E-state index in [0.717, 1.165) is 12.8 Å². The monoisotopic (exact) mass is 246 g/mol. The van der Waals surface area contributed by atoms with Crippen LogP contribution in [0.4, 0.5) is 0 Å². The first kappa shape index (κ1) is 14.0. The van der Waals surface area contributed by atoms with Crippen LogP contribution in [0.2, 0.25) is 0 Å². The Bertz CT molecular complexity index is 420. The molecule has 0 heterocycles. The van der Waals surface area contributed by atoms with Crippen molar-refractivity contribution in [2.45, 2.75) is 32.7 Å². The minimum atomic E-state index is -0.125. The van der Waals surface area contributed by atoms with Crippen molar-refractivity contribution < 1.29 is 9.53 Å². The molecule has 1 aromatic carbocycles. The molecule has 18 heavy (non-hydrogen) atoms. The summed E-state index contributed by atoms with van der Waals surface area (Å²) in [5.41, 5.74) is 0.573. The molecule has 96 valence electrons. The fraction of sp³-hybridized carbons (Fsp3) is 0.429. The molecule has 0 saturated heterocycles. The minimum Gasteiger partial charge on any atom is -0.484 e. The van der Waals surface area contributed by atoms with Gasteiger partial charge in [0, 0.05) is 6.04 Å². The summed E-state index contributed by atoms with van der Waals surface area (Å²) in [7, 11) is 0. The van der Waals surface area contributed by atoms with E-state index in [1.807, 2.05) is 13.0 Å². The third kappa shape index (κ3) is 4.88. The molecule has 0 unspecified atom stereocenters. The molecule has 0 bridgehead atoms. The van der Waals surface area contributed by atoms with Gasteiger partial charge in [-0.1, -0.05) is 13.3 Å². The molecule has 1 amide bonds. The van der Waals surface area contributed by atoms with Gasteiger partial charge in [-0.25, -0.2) is 0 Å². The highest BCUT2D eigenvalue weighted by Crippen LogP contribution is 2.11. The molecule has 0 aromatic heterocycles. The van der Waals surface area contributed by atoms with Crippen LogP contribution >= 0.6 is 0 Å². The predicted molar refractivity (Wildman–Crippen MR) is 69.2 cm³/mol. The number of amides is 1. The van der Waals surface area contributed by atoms with Gasteiger partial charge in [0.15, 0.2) is 6.61 Å². The Labute approximate surface area is 108 Å². The Morgan fingerprint density at radius 2 is 2.11 bits per heavy atom. The topological polar surface area (TPSA) is 62.1 Å². The van der Waals surface area contributed by atoms with Crippen LogP contribution < -0.4 is 10.1 Å². The molecule has 0 radical (unpaired) electrons. The maximum atomic E-state index is 11.5. The van der Waals surface area contributed by atoms with Gasteiger partial charge in [-0.2, -0.15) is 5.26 Å². The largest absolute Gasteiger partial charge is 0.484 e. The van der Waals surface area contributed by atoms with Crippen molar-refractivity contribution in [1.29, 1.82) is 5.26 Å². The average molecular weight is 246 g/mol. The van der Waals surface area contributed by atoms with Gasteiger partial charge in [-0.15, -0.1) is 0 Å². The first-order chi connectivity index (χ1) is 8.65. The fourth-order valence-corrected chi connectivity index (χ4v) is 1.60. The number of nitrogens with zero attached hydrogens (tertiary/aromatic N) is 1. The molecule has 0 aliphatic heterocycles. The molecule has 0 saturated carbocycles. The average Bonchev–Trinajstić information content (AvgIpc) is 2.37. The lowest BCUT2D eigenvalue weighted by Gasteiger charge is -2.13. The van der Waals surface area contributed by atoms with E-state index in [0.29, 0.717) is 11.3 Å². The summed E-state index contributed by atoms with van der Waals surface area (Å²) in [4.78, 5) is 11.5. The van der Waals surface area contributed by atoms with Crippen molar-refractivity contribution in [3.63, 3.8) is 0 Å². The van der Waals surface area contributed by atoms with Gasteiger partial charge in [0.1, 0.15) is 5.75 Å². The second kappa shape index (κ2) is 7.33. The van der Waals surface area contributed by atoms with Gasteiger partial charge >= 0.3 is 0 Å². The van der Waals surface area contributed by atoms with Crippen molar-refractivity contribution >= 4 is 5.91 Å². The zero-order valence-corrected chi connectivity index (χ0v) is 10.8. The van der Waals surface area contributed by atoms with Crippen molar-refractivity contribution in [2.75, 3.05) is 6.61 Å². The lowest BCUT2D eigenvalue weighted by atomic mass is 10.2. The highest BCUT2D eigenvalue weighted by molar-refractivity contribution is 5.77. The van der Waals surface area contributed by atoms with E-state index in [9.17, 15) is 4.79 Å². The standard InChI is InChI=1S/C14H18N2O2/c1-3-4-11(2)16-14(17)10-18-13-7-5-12(9-15)6-8-13/h5-8,11H,3-4,10H2,1-2H3,(H,16,17)/t11-/m1/s1. The van der Waals surface area contributed by atoms with Crippen molar-refractivity contribution in [2.24, 2.45) is 0 Å². The zero-order valence-electron chi connectivity index (χ0n) is 10.8. The van der Waals surface area contributed by atoms with Crippen molar-refractivity contribution in [3.05, 3.63) is 29.8 Å². The Hall–Kier alpha value is -2.02. The quantitative estimate of drug-likeness (QED) is 0.837. The predicted octanol–water partition coefficient (Wildman–Crippen LogP) is 2.24. The molecule has 1 rings (SSSR count). The Morgan fingerprint density at radius 3 is 2.67 bits per heavy atom. The van der Waals surface area contributed by atoms with Crippen LogP contribution in [0.25, 0.3) is 0 Å². The molecular formula is C14H18N2O2.